The number of nitrogens with zero attached hydrogens (tertiary/aromatic N) is 3. The summed E-state index contributed by atoms with van der Waals surface area (Å²) >= 11 is 1.47. The fraction of sp³-hybridized carbons (Fsp3) is 0.440. The van der Waals surface area contributed by atoms with E-state index in [1.54, 1.807) is 29.2 Å². The summed E-state index contributed by atoms with van der Waals surface area (Å²) < 4.78 is 35.2. The zero-order chi connectivity index (χ0) is 23.9. The molecule has 7 nitrogen and oxygen atoms in total. The van der Waals surface area contributed by atoms with Gasteiger partial charge in [-0.3, -0.25) is 9.69 Å². The molecule has 2 fully saturated rings. The lowest BCUT2D eigenvalue weighted by Crippen LogP contribution is -2.49. The van der Waals surface area contributed by atoms with Gasteiger partial charge in [0.25, 0.3) is 0 Å². The molecule has 2 atom stereocenters. The van der Waals surface area contributed by atoms with E-state index < -0.39 is 16.1 Å². The summed E-state index contributed by atoms with van der Waals surface area (Å²) in [4.78, 5) is 20.7. The first-order valence-corrected chi connectivity index (χ1v) is 14.0. The Kier molecular flexibility index (Phi) is 6.45. The number of ether oxygens (including phenoxy) is 1. The molecule has 2 aliphatic heterocycles. The van der Waals surface area contributed by atoms with Crippen molar-refractivity contribution >= 4 is 42.6 Å². The van der Waals surface area contributed by atoms with E-state index in [1.807, 2.05) is 32.0 Å². The number of amides is 1. The second-order valence-corrected chi connectivity index (χ2v) is 12.0. The van der Waals surface area contributed by atoms with E-state index >= 15 is 0 Å². The molecule has 2 aromatic carbocycles. The van der Waals surface area contributed by atoms with Crippen LogP contribution in [0.1, 0.15) is 36.8 Å². The number of hydrogen-bond acceptors (Lipinski definition) is 6. The van der Waals surface area contributed by atoms with E-state index in [-0.39, 0.29) is 16.9 Å². The molecule has 1 aromatic heterocycles. The third-order valence-corrected chi connectivity index (χ3v) is 9.60. The minimum absolute atomic E-state index is 0.0689. The highest BCUT2D eigenvalue weighted by Crippen LogP contribution is 2.34. The van der Waals surface area contributed by atoms with Gasteiger partial charge in [-0.15, -0.1) is 0 Å². The molecule has 3 heterocycles. The van der Waals surface area contributed by atoms with Crippen molar-refractivity contribution in [2.75, 3.05) is 24.6 Å². The first kappa shape index (κ1) is 23.4. The Hall–Kier alpha value is -2.33. The van der Waals surface area contributed by atoms with Crippen LogP contribution in [0.4, 0.5) is 5.13 Å². The summed E-state index contributed by atoms with van der Waals surface area (Å²) in [5.41, 5.74) is 2.92. The zero-order valence-corrected chi connectivity index (χ0v) is 21.1. The van der Waals surface area contributed by atoms with Gasteiger partial charge in [-0.2, -0.15) is 4.31 Å². The van der Waals surface area contributed by atoms with Crippen molar-refractivity contribution in [2.45, 2.75) is 56.6 Å². The first-order valence-electron chi connectivity index (χ1n) is 11.7. The molecule has 180 valence electrons. The third kappa shape index (κ3) is 4.37. The summed E-state index contributed by atoms with van der Waals surface area (Å²) in [6.45, 7) is 5.32. The molecule has 0 aliphatic carbocycles. The molecular weight excluding hydrogens is 470 g/mol. The van der Waals surface area contributed by atoms with Crippen molar-refractivity contribution in [1.29, 1.82) is 0 Å². The van der Waals surface area contributed by atoms with Gasteiger partial charge in [0.05, 0.1) is 27.8 Å². The van der Waals surface area contributed by atoms with E-state index in [0.717, 1.165) is 34.2 Å². The van der Waals surface area contributed by atoms with Gasteiger partial charge >= 0.3 is 0 Å². The lowest BCUT2D eigenvalue weighted by Gasteiger charge is -2.29. The molecule has 2 saturated heterocycles. The summed E-state index contributed by atoms with van der Waals surface area (Å²) in [5.74, 6) is -0.222. The lowest BCUT2D eigenvalue weighted by molar-refractivity contribution is -0.122. The molecule has 34 heavy (non-hydrogen) atoms. The Morgan fingerprint density at radius 3 is 2.65 bits per heavy atom. The zero-order valence-electron chi connectivity index (χ0n) is 19.4. The molecule has 2 aliphatic rings. The van der Waals surface area contributed by atoms with Gasteiger partial charge in [0.1, 0.15) is 6.04 Å². The monoisotopic (exact) mass is 499 g/mol. The molecule has 9 heteroatoms. The SMILES string of the molecule is Cc1ccc(S(=O)(=O)N2CCC[C@H]2C(=O)N(C[C@@H]2CCCO2)c2nc3c(C)cccc3s2)cc1. The fourth-order valence-corrected chi connectivity index (χ4v) is 7.45. The lowest BCUT2D eigenvalue weighted by atomic mass is 10.2. The van der Waals surface area contributed by atoms with Crippen LogP contribution in [0.3, 0.4) is 0 Å². The van der Waals surface area contributed by atoms with Gasteiger partial charge in [-0.1, -0.05) is 41.2 Å². The van der Waals surface area contributed by atoms with Gasteiger partial charge in [0.15, 0.2) is 5.13 Å². The van der Waals surface area contributed by atoms with Crippen molar-refractivity contribution in [3.05, 3.63) is 53.6 Å². The average Bonchev–Trinajstić information content (AvgIpc) is 3.58. The molecule has 5 rings (SSSR count). The second-order valence-electron chi connectivity index (χ2n) is 9.09. The molecule has 0 saturated carbocycles. The minimum atomic E-state index is -3.79. The summed E-state index contributed by atoms with van der Waals surface area (Å²) in [6.07, 6.45) is 2.91. The van der Waals surface area contributed by atoms with Crippen molar-refractivity contribution < 1.29 is 17.9 Å². The molecule has 1 amide bonds. The van der Waals surface area contributed by atoms with Gasteiger partial charge in [-0.25, -0.2) is 13.4 Å². The number of benzene rings is 2. The fourth-order valence-electron chi connectivity index (χ4n) is 4.74. The number of fused-ring (bicyclic) bond motifs is 1. The number of aryl methyl sites for hydroxylation is 2. The molecule has 0 unspecified atom stereocenters. The highest BCUT2D eigenvalue weighted by atomic mass is 32.2. The third-order valence-electron chi connectivity index (χ3n) is 6.63. The van der Waals surface area contributed by atoms with Crippen molar-refractivity contribution in [1.82, 2.24) is 9.29 Å². The number of para-hydroxylation sites is 1. The largest absolute Gasteiger partial charge is 0.376 e. The predicted octanol–water partition coefficient (Wildman–Crippen LogP) is 4.28. The highest BCUT2D eigenvalue weighted by Gasteiger charge is 2.42. The van der Waals surface area contributed by atoms with Crippen LogP contribution in [0.5, 0.6) is 0 Å². The number of hydrogen-bond donors (Lipinski definition) is 0. The van der Waals surface area contributed by atoms with Crippen molar-refractivity contribution in [3.63, 3.8) is 0 Å². The van der Waals surface area contributed by atoms with Gasteiger partial charge in [0.2, 0.25) is 15.9 Å². The van der Waals surface area contributed by atoms with Crippen molar-refractivity contribution in [3.8, 4) is 0 Å². The highest BCUT2D eigenvalue weighted by molar-refractivity contribution is 7.89. The number of sulfonamides is 1. The molecule has 3 aromatic rings. The van der Waals surface area contributed by atoms with E-state index in [0.29, 0.717) is 37.7 Å². The van der Waals surface area contributed by atoms with Crippen LogP contribution in [0, 0.1) is 13.8 Å². The van der Waals surface area contributed by atoms with Gasteiger partial charge in [-0.05, 0) is 63.3 Å². The Labute approximate surface area is 204 Å². The quantitative estimate of drug-likeness (QED) is 0.506. The van der Waals surface area contributed by atoms with Gasteiger partial charge < -0.3 is 4.74 Å². The molecule has 0 spiro atoms. The van der Waals surface area contributed by atoms with Crippen LogP contribution >= 0.6 is 11.3 Å². The Balaban J connectivity index is 1.49. The summed E-state index contributed by atoms with van der Waals surface area (Å²) in [5, 5.41) is 0.601. The Morgan fingerprint density at radius 2 is 1.94 bits per heavy atom. The molecular formula is C25H29N3O4S2. The van der Waals surface area contributed by atoms with Crippen LogP contribution in [-0.4, -0.2) is 55.5 Å². The Morgan fingerprint density at radius 1 is 1.15 bits per heavy atom. The molecule has 0 bridgehead atoms. The normalized spacial score (nSPS) is 21.4. The maximum absolute atomic E-state index is 14.0. The number of aromatic nitrogens is 1. The number of rotatable bonds is 6. The Bertz CT molecular complexity index is 1300. The number of anilines is 1. The average molecular weight is 500 g/mol. The predicted molar refractivity (Wildman–Crippen MR) is 134 cm³/mol. The van der Waals surface area contributed by atoms with E-state index in [4.69, 9.17) is 9.72 Å². The number of carbonyl (C=O) groups is 1. The minimum Gasteiger partial charge on any atom is -0.376 e. The van der Waals surface area contributed by atoms with E-state index in [2.05, 4.69) is 0 Å². The smallest absolute Gasteiger partial charge is 0.247 e. The maximum atomic E-state index is 14.0. The second kappa shape index (κ2) is 9.37. The molecule has 0 N–H and O–H groups in total. The number of thiazole rings is 1. The van der Waals surface area contributed by atoms with E-state index in [9.17, 15) is 13.2 Å². The van der Waals surface area contributed by atoms with Crippen LogP contribution in [0.2, 0.25) is 0 Å². The summed E-state index contributed by atoms with van der Waals surface area (Å²) in [7, 11) is -3.79. The van der Waals surface area contributed by atoms with Crippen molar-refractivity contribution in [2.24, 2.45) is 0 Å². The topological polar surface area (TPSA) is 79.8 Å². The first-order chi connectivity index (χ1) is 16.3. The van der Waals surface area contributed by atoms with Crippen LogP contribution in [0.15, 0.2) is 47.4 Å². The van der Waals surface area contributed by atoms with Gasteiger partial charge in [0, 0.05) is 13.2 Å². The standard InChI is InChI=1S/C25H29N3O4S2/c1-17-10-12-20(13-11-17)34(30,31)28-14-4-8-21(28)24(29)27(16-19-7-5-15-32-19)25-26-23-18(2)6-3-9-22(23)33-25/h3,6,9-13,19,21H,4-5,7-8,14-16H2,1-2H3/t19-,21-/m0/s1. The van der Waals surface area contributed by atoms with Crippen LogP contribution in [0.25, 0.3) is 10.2 Å². The van der Waals surface area contributed by atoms with Crippen LogP contribution < -0.4 is 4.90 Å². The maximum Gasteiger partial charge on any atom is 0.247 e. The summed E-state index contributed by atoms with van der Waals surface area (Å²) in [6, 6.07) is 12.0. The van der Waals surface area contributed by atoms with Crippen LogP contribution in [-0.2, 0) is 19.6 Å². The number of carbonyl (C=O) groups excluding carboxylic acids is 1. The molecule has 0 radical (unpaired) electrons. The van der Waals surface area contributed by atoms with E-state index in [1.165, 1.54) is 15.6 Å².